The standard InChI is InChI=1S/C68H90O/c1-11-19-27-48(15-5)41-52-31-23-35-56-60(52)45-61-53(42-49(16-6)28-20-12-2)32-24-36-57(61)66(56)64-39-47(9)40-65(68(64)69-10)67-58-37-25-33-54(43-50(17-7)29-21-13-3)62(58)46-63-55(34-26-38-59(63)67)44-51(18-8)30-22-14-4/h23-26,31-40,45-46,48-51H,11-22,27-30,41-44H2,1-10H3. The van der Waals surface area contributed by atoms with Gasteiger partial charge in [-0.05, 0) is 151 Å². The smallest absolute Gasteiger partial charge is 0.134 e. The lowest BCUT2D eigenvalue weighted by molar-refractivity contribution is 0.418. The van der Waals surface area contributed by atoms with Gasteiger partial charge in [0.25, 0.3) is 0 Å². The molecule has 0 saturated carbocycles. The summed E-state index contributed by atoms with van der Waals surface area (Å²) in [5.74, 6) is 3.70. The molecule has 0 amide bonds. The zero-order valence-corrected chi connectivity index (χ0v) is 45.1. The molecule has 1 heteroatoms. The minimum absolute atomic E-state index is 0.677. The van der Waals surface area contributed by atoms with Crippen molar-refractivity contribution in [2.24, 2.45) is 23.7 Å². The Morgan fingerprint density at radius 1 is 0.362 bits per heavy atom. The SMILES string of the molecule is CCCCC(CC)Cc1cccc2c(-c3cc(C)cc(-c4c5cccc(CC(CC)CCCC)c5cc5c(CC(CC)CCCC)cccc45)c3OC)c3cccc(CC(CC)CCCC)c3cc12. The van der Waals surface area contributed by atoms with Gasteiger partial charge in [0.1, 0.15) is 5.75 Å². The minimum atomic E-state index is 0.677. The van der Waals surface area contributed by atoms with E-state index < -0.39 is 0 Å². The summed E-state index contributed by atoms with van der Waals surface area (Å²) >= 11 is 0. The second-order valence-electron chi connectivity index (χ2n) is 21.4. The fraction of sp³-hybridized carbons (Fsp3) is 0.500. The summed E-state index contributed by atoms with van der Waals surface area (Å²) < 4.78 is 6.96. The van der Waals surface area contributed by atoms with E-state index in [9.17, 15) is 0 Å². The van der Waals surface area contributed by atoms with Crippen molar-refractivity contribution in [2.45, 2.75) is 191 Å². The Balaban J connectivity index is 1.56. The molecule has 4 unspecified atom stereocenters. The predicted octanol–water partition coefficient (Wildman–Crippen LogP) is 21.0. The van der Waals surface area contributed by atoms with Crippen molar-refractivity contribution in [3.8, 4) is 28.0 Å². The molecular formula is C68H90O. The quantitative estimate of drug-likeness (QED) is 0.0467. The highest BCUT2D eigenvalue weighted by Gasteiger charge is 2.25. The number of fused-ring (bicyclic) bond motifs is 4. The maximum absolute atomic E-state index is 6.96. The van der Waals surface area contributed by atoms with Gasteiger partial charge < -0.3 is 4.74 Å². The van der Waals surface area contributed by atoms with Crippen LogP contribution in [0.15, 0.2) is 97.1 Å². The highest BCUT2D eigenvalue weighted by Crippen LogP contribution is 2.50. The molecule has 69 heavy (non-hydrogen) atoms. The number of rotatable bonds is 27. The summed E-state index contributed by atoms with van der Waals surface area (Å²) in [5.41, 5.74) is 12.3. The zero-order chi connectivity index (χ0) is 48.9. The Morgan fingerprint density at radius 3 is 0.870 bits per heavy atom. The van der Waals surface area contributed by atoms with E-state index in [2.05, 4.69) is 159 Å². The van der Waals surface area contributed by atoms with E-state index >= 15 is 0 Å². The Kier molecular flexibility index (Phi) is 19.3. The lowest BCUT2D eigenvalue weighted by atomic mass is 9.81. The van der Waals surface area contributed by atoms with Gasteiger partial charge in [0, 0.05) is 22.3 Å². The lowest BCUT2D eigenvalue weighted by Crippen LogP contribution is -2.06. The maximum Gasteiger partial charge on any atom is 0.134 e. The first-order chi connectivity index (χ1) is 33.7. The summed E-state index contributed by atoms with van der Waals surface area (Å²) in [5, 5.41) is 11.1. The van der Waals surface area contributed by atoms with Crippen LogP contribution < -0.4 is 4.74 Å². The molecule has 7 aromatic carbocycles. The average molecular weight is 923 g/mol. The summed E-state index contributed by atoms with van der Waals surface area (Å²) in [4.78, 5) is 0. The number of benzene rings is 7. The molecule has 0 aliphatic carbocycles. The van der Waals surface area contributed by atoms with Crippen molar-refractivity contribution in [3.05, 3.63) is 125 Å². The molecule has 7 aromatic rings. The van der Waals surface area contributed by atoms with Gasteiger partial charge in [-0.2, -0.15) is 0 Å². The van der Waals surface area contributed by atoms with Crippen LogP contribution >= 0.6 is 0 Å². The predicted molar refractivity (Wildman–Crippen MR) is 307 cm³/mol. The van der Waals surface area contributed by atoms with Crippen LogP contribution in [0, 0.1) is 30.6 Å². The Hall–Kier alpha value is -4.62. The fourth-order valence-electron chi connectivity index (χ4n) is 12.3. The normalized spacial score (nSPS) is 13.7. The number of unbranched alkanes of at least 4 members (excludes halogenated alkanes) is 4. The molecule has 0 aromatic heterocycles. The van der Waals surface area contributed by atoms with Crippen molar-refractivity contribution in [3.63, 3.8) is 0 Å². The van der Waals surface area contributed by atoms with E-state index in [-0.39, 0.29) is 0 Å². The van der Waals surface area contributed by atoms with Gasteiger partial charge in [-0.1, -0.05) is 231 Å². The van der Waals surface area contributed by atoms with Crippen LogP contribution in [0.25, 0.3) is 65.3 Å². The van der Waals surface area contributed by atoms with Crippen LogP contribution in [0.5, 0.6) is 5.75 Å². The second-order valence-corrected chi connectivity index (χ2v) is 21.4. The number of ether oxygens (including phenoxy) is 1. The van der Waals surface area contributed by atoms with Gasteiger partial charge in [0.15, 0.2) is 0 Å². The molecule has 0 radical (unpaired) electrons. The van der Waals surface area contributed by atoms with Crippen LogP contribution in [-0.4, -0.2) is 7.11 Å². The van der Waals surface area contributed by atoms with Gasteiger partial charge in [-0.15, -0.1) is 0 Å². The molecule has 0 N–H and O–H groups in total. The van der Waals surface area contributed by atoms with Gasteiger partial charge in [-0.3, -0.25) is 0 Å². The third kappa shape index (κ3) is 11.9. The number of hydrogen-bond donors (Lipinski definition) is 0. The summed E-state index contributed by atoms with van der Waals surface area (Å²) in [6, 6.07) is 38.9. The molecule has 0 spiro atoms. The van der Waals surface area contributed by atoms with Crippen LogP contribution in [0.1, 0.15) is 186 Å². The first-order valence-corrected chi connectivity index (χ1v) is 28.4. The third-order valence-corrected chi connectivity index (χ3v) is 16.6. The molecule has 4 atom stereocenters. The summed E-state index contributed by atoms with van der Waals surface area (Å²) in [7, 11) is 1.93. The van der Waals surface area contributed by atoms with Gasteiger partial charge >= 0.3 is 0 Å². The van der Waals surface area contributed by atoms with E-state index in [1.54, 1.807) is 0 Å². The monoisotopic (exact) mass is 923 g/mol. The molecule has 0 aliphatic heterocycles. The summed E-state index contributed by atoms with van der Waals surface area (Å²) in [6.45, 7) is 21.3. The zero-order valence-electron chi connectivity index (χ0n) is 45.1. The molecular weight excluding hydrogens is 833 g/mol. The van der Waals surface area contributed by atoms with Gasteiger partial charge in [0.2, 0.25) is 0 Å². The summed E-state index contributed by atoms with van der Waals surface area (Å²) in [6.07, 6.45) is 24.7. The molecule has 1 nitrogen and oxygen atoms in total. The van der Waals surface area contributed by atoms with Gasteiger partial charge in [0.05, 0.1) is 7.11 Å². The van der Waals surface area contributed by atoms with Crippen molar-refractivity contribution in [1.82, 2.24) is 0 Å². The topological polar surface area (TPSA) is 9.23 Å². The molecule has 0 fully saturated rings. The van der Waals surface area contributed by atoms with Crippen LogP contribution in [0.3, 0.4) is 0 Å². The number of methoxy groups -OCH3 is 1. The minimum Gasteiger partial charge on any atom is -0.495 e. The van der Waals surface area contributed by atoms with E-state index in [0.29, 0.717) is 23.7 Å². The third-order valence-electron chi connectivity index (χ3n) is 16.6. The number of aryl methyl sites for hydroxylation is 1. The van der Waals surface area contributed by atoms with E-state index in [1.165, 1.54) is 196 Å². The molecule has 0 heterocycles. The fourth-order valence-corrected chi connectivity index (χ4v) is 12.3. The molecule has 0 saturated heterocycles. The van der Waals surface area contributed by atoms with Crippen molar-refractivity contribution < 1.29 is 4.74 Å². The number of hydrogen-bond acceptors (Lipinski definition) is 1. The lowest BCUT2D eigenvalue weighted by Gasteiger charge is -2.24. The van der Waals surface area contributed by atoms with Crippen LogP contribution in [0.2, 0.25) is 0 Å². The van der Waals surface area contributed by atoms with E-state index in [0.717, 1.165) is 31.4 Å². The first kappa shape index (κ1) is 52.2. The van der Waals surface area contributed by atoms with Crippen molar-refractivity contribution in [2.75, 3.05) is 7.11 Å². The van der Waals surface area contributed by atoms with Gasteiger partial charge in [-0.25, -0.2) is 0 Å². The second kappa shape index (κ2) is 25.5. The van der Waals surface area contributed by atoms with E-state index in [4.69, 9.17) is 4.74 Å². The first-order valence-electron chi connectivity index (χ1n) is 28.4. The largest absolute Gasteiger partial charge is 0.495 e. The molecule has 0 bridgehead atoms. The maximum atomic E-state index is 6.96. The highest BCUT2D eigenvalue weighted by molar-refractivity contribution is 6.18. The molecule has 0 aliphatic rings. The van der Waals surface area contributed by atoms with Crippen LogP contribution in [-0.2, 0) is 25.7 Å². The van der Waals surface area contributed by atoms with Crippen molar-refractivity contribution in [1.29, 1.82) is 0 Å². The Bertz CT molecular complexity index is 2410. The van der Waals surface area contributed by atoms with Crippen LogP contribution in [0.4, 0.5) is 0 Å². The highest BCUT2D eigenvalue weighted by atomic mass is 16.5. The van der Waals surface area contributed by atoms with E-state index in [1.807, 2.05) is 7.11 Å². The Labute approximate surface area is 420 Å². The molecule has 368 valence electrons. The Morgan fingerprint density at radius 2 is 0.638 bits per heavy atom. The average Bonchev–Trinajstić information content (AvgIpc) is 3.37. The van der Waals surface area contributed by atoms with Crippen molar-refractivity contribution >= 4 is 43.1 Å². The molecule has 7 rings (SSSR count).